The highest BCUT2D eigenvalue weighted by molar-refractivity contribution is 7.14. The molecule has 0 saturated heterocycles. The summed E-state index contributed by atoms with van der Waals surface area (Å²) in [5.41, 5.74) is 1.50. The number of carbonyl (C=O) groups is 2. The summed E-state index contributed by atoms with van der Waals surface area (Å²) < 4.78 is 5.55. The number of ether oxygens (including phenoxy) is 1. The van der Waals surface area contributed by atoms with E-state index in [1.807, 2.05) is 38.1 Å². The maximum Gasteiger partial charge on any atom is 0.290 e. The van der Waals surface area contributed by atoms with Crippen LogP contribution in [0.3, 0.4) is 0 Å². The van der Waals surface area contributed by atoms with Gasteiger partial charge in [-0.05, 0) is 64.5 Å². The van der Waals surface area contributed by atoms with Crippen molar-refractivity contribution in [2.24, 2.45) is 0 Å². The van der Waals surface area contributed by atoms with Crippen molar-refractivity contribution in [3.63, 3.8) is 0 Å². The Bertz CT molecular complexity index is 1020. The van der Waals surface area contributed by atoms with Crippen LogP contribution in [0.15, 0.2) is 35.6 Å². The molecule has 0 spiro atoms. The second-order valence-corrected chi connectivity index (χ2v) is 9.23. The number of Topliss-reactive ketones (excluding diaryl/α,β-unsaturated/α-hetero) is 1. The number of aliphatic hydroxyl groups is 1. The molecule has 8 heteroatoms. The van der Waals surface area contributed by atoms with Gasteiger partial charge < -0.3 is 19.6 Å². The van der Waals surface area contributed by atoms with Crippen molar-refractivity contribution in [3.05, 3.63) is 56.7 Å². The molecule has 1 aliphatic rings. The normalized spacial score (nSPS) is 16.2. The van der Waals surface area contributed by atoms with Gasteiger partial charge in [0, 0.05) is 6.54 Å². The molecule has 0 saturated carbocycles. The molecule has 3 rings (SSSR count). The predicted molar refractivity (Wildman–Crippen MR) is 130 cm³/mol. The summed E-state index contributed by atoms with van der Waals surface area (Å²) in [4.78, 5) is 35.4. The molecule has 2 aromatic rings. The Morgan fingerprint density at radius 3 is 2.39 bits per heavy atom. The molecule has 0 fully saturated rings. The van der Waals surface area contributed by atoms with E-state index in [-0.39, 0.29) is 11.4 Å². The van der Waals surface area contributed by atoms with E-state index >= 15 is 0 Å². The predicted octanol–water partition coefficient (Wildman–Crippen LogP) is 4.47. The average molecular weight is 472 g/mol. The summed E-state index contributed by atoms with van der Waals surface area (Å²) in [5, 5.41) is 11.6. The van der Waals surface area contributed by atoms with Gasteiger partial charge in [-0.3, -0.25) is 9.59 Å². The fraction of sp³-hybridized carbons (Fsp3) is 0.480. The van der Waals surface area contributed by atoms with Crippen LogP contribution in [0.1, 0.15) is 59.2 Å². The number of hydrogen-bond acceptors (Lipinski definition) is 7. The van der Waals surface area contributed by atoms with Crippen LogP contribution in [-0.2, 0) is 4.79 Å². The van der Waals surface area contributed by atoms with Crippen molar-refractivity contribution >= 4 is 23.0 Å². The minimum Gasteiger partial charge on any atom is -0.503 e. The minimum absolute atomic E-state index is 0.124. The molecular formula is C25H33N3O4S. The van der Waals surface area contributed by atoms with Gasteiger partial charge in [0.2, 0.25) is 5.78 Å². The Hall–Kier alpha value is -2.71. The molecule has 7 nitrogen and oxygen atoms in total. The van der Waals surface area contributed by atoms with E-state index in [2.05, 4.69) is 23.7 Å². The first-order chi connectivity index (χ1) is 15.8. The summed E-state index contributed by atoms with van der Waals surface area (Å²) in [6.07, 6.45) is 0.744. The number of aliphatic hydroxyl groups excluding tert-OH is 1. The topological polar surface area (TPSA) is 83.0 Å². The third kappa shape index (κ3) is 5.28. The fourth-order valence-electron chi connectivity index (χ4n) is 4.24. The van der Waals surface area contributed by atoms with Crippen molar-refractivity contribution < 1.29 is 19.4 Å². The molecule has 1 aliphatic heterocycles. The Labute approximate surface area is 199 Å². The quantitative estimate of drug-likeness (QED) is 0.487. The Balaban J connectivity index is 1.97. The molecule has 33 heavy (non-hydrogen) atoms. The van der Waals surface area contributed by atoms with Gasteiger partial charge >= 0.3 is 0 Å². The maximum absolute atomic E-state index is 13.6. The van der Waals surface area contributed by atoms with Crippen LogP contribution in [0.5, 0.6) is 5.75 Å². The largest absolute Gasteiger partial charge is 0.503 e. The van der Waals surface area contributed by atoms with Crippen LogP contribution in [-0.4, -0.2) is 64.4 Å². The molecule has 0 radical (unpaired) electrons. The third-order valence-electron chi connectivity index (χ3n) is 5.93. The molecular weight excluding hydrogens is 438 g/mol. The second kappa shape index (κ2) is 10.9. The first-order valence-electron chi connectivity index (χ1n) is 11.5. The van der Waals surface area contributed by atoms with Crippen LogP contribution in [0, 0.1) is 13.8 Å². The van der Waals surface area contributed by atoms with E-state index in [9.17, 15) is 14.7 Å². The SMILES string of the molecule is CCOc1ccc(C2C(C(=O)c3sc(C)nc3C)=C(O)C(=O)N2CCCN(CC)CC)cc1. The highest BCUT2D eigenvalue weighted by atomic mass is 32.1. The number of ketones is 1. The number of rotatable bonds is 11. The summed E-state index contributed by atoms with van der Waals surface area (Å²) in [6, 6.07) is 6.72. The second-order valence-electron chi connectivity index (χ2n) is 8.02. The maximum atomic E-state index is 13.6. The van der Waals surface area contributed by atoms with Gasteiger partial charge in [-0.2, -0.15) is 0 Å². The molecule has 2 heterocycles. The first-order valence-corrected chi connectivity index (χ1v) is 12.3. The van der Waals surface area contributed by atoms with E-state index in [4.69, 9.17) is 4.74 Å². The van der Waals surface area contributed by atoms with Gasteiger partial charge in [0.15, 0.2) is 5.76 Å². The van der Waals surface area contributed by atoms with Crippen LogP contribution in [0.2, 0.25) is 0 Å². The van der Waals surface area contributed by atoms with Crippen molar-refractivity contribution in [2.45, 2.75) is 47.1 Å². The Morgan fingerprint density at radius 1 is 1.18 bits per heavy atom. The highest BCUT2D eigenvalue weighted by Gasteiger charge is 2.44. The summed E-state index contributed by atoms with van der Waals surface area (Å²) in [7, 11) is 0. The van der Waals surface area contributed by atoms with E-state index < -0.39 is 17.7 Å². The van der Waals surface area contributed by atoms with E-state index in [1.54, 1.807) is 11.8 Å². The number of benzene rings is 1. The molecule has 0 aliphatic carbocycles. The average Bonchev–Trinajstić information content (AvgIpc) is 3.27. The number of aryl methyl sites for hydroxylation is 2. The van der Waals surface area contributed by atoms with Gasteiger partial charge in [0.1, 0.15) is 5.75 Å². The molecule has 178 valence electrons. The van der Waals surface area contributed by atoms with Gasteiger partial charge in [0.25, 0.3) is 5.91 Å². The Kier molecular flexibility index (Phi) is 8.26. The monoisotopic (exact) mass is 471 g/mol. The lowest BCUT2D eigenvalue weighted by Gasteiger charge is -2.28. The number of thiazole rings is 1. The lowest BCUT2D eigenvalue weighted by atomic mass is 9.95. The molecule has 1 N–H and O–H groups in total. The van der Waals surface area contributed by atoms with Gasteiger partial charge in [0.05, 0.1) is 33.8 Å². The van der Waals surface area contributed by atoms with Crippen LogP contribution in [0.4, 0.5) is 0 Å². The van der Waals surface area contributed by atoms with Gasteiger partial charge in [-0.15, -0.1) is 11.3 Å². The van der Waals surface area contributed by atoms with Crippen molar-refractivity contribution in [1.29, 1.82) is 0 Å². The minimum atomic E-state index is -0.654. The Morgan fingerprint density at radius 2 is 1.85 bits per heavy atom. The van der Waals surface area contributed by atoms with Gasteiger partial charge in [-0.25, -0.2) is 4.98 Å². The summed E-state index contributed by atoms with van der Waals surface area (Å²) in [5.74, 6) is -0.592. The van der Waals surface area contributed by atoms with Gasteiger partial charge in [-0.1, -0.05) is 26.0 Å². The van der Waals surface area contributed by atoms with Crippen LogP contribution < -0.4 is 4.74 Å². The number of amides is 1. The number of nitrogens with zero attached hydrogens (tertiary/aromatic N) is 3. The molecule has 1 aromatic heterocycles. The molecule has 1 unspecified atom stereocenters. The fourth-order valence-corrected chi connectivity index (χ4v) is 5.12. The zero-order valence-corrected chi connectivity index (χ0v) is 20.9. The van der Waals surface area contributed by atoms with Crippen LogP contribution in [0.25, 0.3) is 0 Å². The van der Waals surface area contributed by atoms with Crippen LogP contribution >= 0.6 is 11.3 Å². The molecule has 1 atom stereocenters. The molecule has 1 aromatic carbocycles. The smallest absolute Gasteiger partial charge is 0.290 e. The summed E-state index contributed by atoms with van der Waals surface area (Å²) in [6.45, 7) is 13.4. The van der Waals surface area contributed by atoms with E-state index in [0.717, 1.165) is 36.6 Å². The molecule has 1 amide bonds. The molecule has 0 bridgehead atoms. The van der Waals surface area contributed by atoms with Crippen molar-refractivity contribution in [2.75, 3.05) is 32.8 Å². The zero-order valence-electron chi connectivity index (χ0n) is 20.1. The van der Waals surface area contributed by atoms with Crippen molar-refractivity contribution in [3.8, 4) is 5.75 Å². The number of hydrogen-bond donors (Lipinski definition) is 1. The standard InChI is InChI=1S/C25H33N3O4S/c1-6-27(7-2)14-9-15-28-21(18-10-12-19(13-11-18)32-8-3)20(23(30)25(28)31)22(29)24-16(4)26-17(5)33-24/h10-13,21,30H,6-9,14-15H2,1-5H3. The van der Waals surface area contributed by atoms with Crippen molar-refractivity contribution in [1.82, 2.24) is 14.8 Å². The lowest BCUT2D eigenvalue weighted by Crippen LogP contribution is -2.34. The lowest BCUT2D eigenvalue weighted by molar-refractivity contribution is -0.129. The first kappa shape index (κ1) is 24.9. The van der Waals surface area contributed by atoms with E-state index in [1.165, 1.54) is 11.3 Å². The highest BCUT2D eigenvalue weighted by Crippen LogP contribution is 2.40. The number of aromatic nitrogens is 1. The van der Waals surface area contributed by atoms with E-state index in [0.29, 0.717) is 29.5 Å². The number of carbonyl (C=O) groups excluding carboxylic acids is 2. The third-order valence-corrected chi connectivity index (χ3v) is 7.00. The zero-order chi connectivity index (χ0) is 24.1. The summed E-state index contributed by atoms with van der Waals surface area (Å²) >= 11 is 1.29.